The maximum absolute atomic E-state index is 13.3. The van der Waals surface area contributed by atoms with Crippen LogP contribution >= 0.6 is 45.2 Å². The zero-order chi connectivity index (χ0) is 27.5. The molecule has 228 valence electrons. The van der Waals surface area contributed by atoms with Gasteiger partial charge >= 0.3 is 0 Å². The first-order valence-corrected chi connectivity index (χ1v) is 20.1. The molecule has 6 aliphatic rings. The third-order valence-electron chi connectivity index (χ3n) is 12.5. The van der Waals surface area contributed by atoms with Gasteiger partial charge in [0, 0.05) is 19.7 Å². The van der Waals surface area contributed by atoms with Crippen molar-refractivity contribution in [2.24, 2.45) is 35.5 Å². The average Bonchev–Trinajstić information content (AvgIpc) is 2.99. The molecule has 0 spiro atoms. The molecule has 0 aliphatic heterocycles. The number of halogens is 2. The van der Waals surface area contributed by atoms with Gasteiger partial charge in [0.2, 0.25) is 0 Å². The second-order valence-corrected chi connectivity index (χ2v) is 18.4. The lowest BCUT2D eigenvalue weighted by Crippen LogP contribution is -2.39. The van der Waals surface area contributed by atoms with E-state index in [0.717, 1.165) is 55.8 Å². The van der Waals surface area contributed by atoms with Crippen molar-refractivity contribution >= 4 is 51.0 Å². The SMILES string of the molecule is O=C(C1CCC(OC2CCC(OC3CCC4CC(C5CCCCC5)CCC4C3)CC2)CC1)C1CC(I)CCC1I. The highest BCUT2D eigenvalue weighted by Gasteiger charge is 2.40. The van der Waals surface area contributed by atoms with Crippen LogP contribution in [0.1, 0.15) is 141 Å². The highest BCUT2D eigenvalue weighted by molar-refractivity contribution is 14.1. The van der Waals surface area contributed by atoms with Gasteiger partial charge in [-0.25, -0.2) is 0 Å². The van der Waals surface area contributed by atoms with E-state index in [1.54, 1.807) is 6.42 Å². The molecule has 0 heterocycles. The Morgan fingerprint density at radius 1 is 0.475 bits per heavy atom. The van der Waals surface area contributed by atoms with Crippen LogP contribution in [0.25, 0.3) is 0 Å². The molecule has 3 nitrogen and oxygen atoms in total. The van der Waals surface area contributed by atoms with Crippen molar-refractivity contribution in [3.8, 4) is 0 Å². The molecule has 6 saturated carbocycles. The van der Waals surface area contributed by atoms with Crippen LogP contribution in [0.15, 0.2) is 0 Å². The molecule has 0 saturated heterocycles. The maximum Gasteiger partial charge on any atom is 0.140 e. The molecule has 5 heteroatoms. The summed E-state index contributed by atoms with van der Waals surface area (Å²) in [6.45, 7) is 0. The van der Waals surface area contributed by atoms with Crippen molar-refractivity contribution in [2.75, 3.05) is 0 Å². The van der Waals surface area contributed by atoms with Crippen LogP contribution in [-0.2, 0) is 14.3 Å². The standard InChI is InChI=1S/C35H56I2O3/c36-28-11-19-34(37)33(22-28)35(38)24-8-12-29(13-9-24)39-30-15-17-31(18-16-30)40-32-14-10-26-20-25(6-7-27(26)21-32)23-4-2-1-3-5-23/h23-34H,1-22H2. The van der Waals surface area contributed by atoms with Crippen molar-refractivity contribution in [1.82, 2.24) is 0 Å². The van der Waals surface area contributed by atoms with Crippen LogP contribution in [0, 0.1) is 35.5 Å². The van der Waals surface area contributed by atoms with E-state index in [9.17, 15) is 4.79 Å². The molecule has 6 aliphatic carbocycles. The van der Waals surface area contributed by atoms with Gasteiger partial charge in [0.15, 0.2) is 0 Å². The Balaban J connectivity index is 0.867. The summed E-state index contributed by atoms with van der Waals surface area (Å²) in [7, 11) is 0. The molecule has 0 N–H and O–H groups in total. The first-order valence-electron chi connectivity index (χ1n) is 17.6. The average molecular weight is 779 g/mol. The molecule has 0 aromatic rings. The van der Waals surface area contributed by atoms with Gasteiger partial charge in [-0.2, -0.15) is 0 Å². The lowest BCUT2D eigenvalue weighted by Gasteiger charge is -2.45. The number of alkyl halides is 2. The summed E-state index contributed by atoms with van der Waals surface area (Å²) in [6.07, 6.45) is 30.6. The van der Waals surface area contributed by atoms with Crippen LogP contribution in [0.3, 0.4) is 0 Å². The van der Waals surface area contributed by atoms with Gasteiger partial charge in [-0.1, -0.05) is 77.3 Å². The summed E-state index contributed by atoms with van der Waals surface area (Å²) >= 11 is 5.12. The van der Waals surface area contributed by atoms with Gasteiger partial charge in [0.25, 0.3) is 0 Å². The Morgan fingerprint density at radius 3 is 1.68 bits per heavy atom. The Labute approximate surface area is 272 Å². The molecule has 0 bridgehead atoms. The fourth-order valence-electron chi connectivity index (χ4n) is 10.1. The van der Waals surface area contributed by atoms with E-state index in [2.05, 4.69) is 45.2 Å². The summed E-state index contributed by atoms with van der Waals surface area (Å²) < 4.78 is 14.7. The van der Waals surface area contributed by atoms with E-state index in [0.29, 0.717) is 49.9 Å². The Morgan fingerprint density at radius 2 is 1.00 bits per heavy atom. The number of ketones is 1. The van der Waals surface area contributed by atoms with Crippen LogP contribution in [0.2, 0.25) is 0 Å². The number of carbonyl (C=O) groups is 1. The molecule has 40 heavy (non-hydrogen) atoms. The van der Waals surface area contributed by atoms with Crippen molar-refractivity contribution < 1.29 is 14.3 Å². The molecule has 6 fully saturated rings. The molecule has 7 atom stereocenters. The van der Waals surface area contributed by atoms with Gasteiger partial charge in [-0.15, -0.1) is 0 Å². The lowest BCUT2D eigenvalue weighted by atomic mass is 9.62. The number of ether oxygens (including phenoxy) is 2. The van der Waals surface area contributed by atoms with Gasteiger partial charge in [0.05, 0.1) is 24.4 Å². The minimum absolute atomic E-state index is 0.297. The van der Waals surface area contributed by atoms with Gasteiger partial charge < -0.3 is 9.47 Å². The van der Waals surface area contributed by atoms with Gasteiger partial charge in [0.1, 0.15) is 5.78 Å². The lowest BCUT2D eigenvalue weighted by molar-refractivity contribution is -0.131. The van der Waals surface area contributed by atoms with E-state index in [4.69, 9.17) is 9.47 Å². The number of Topliss-reactive ketones (excluding diaryl/α,β-unsaturated/α-hetero) is 1. The van der Waals surface area contributed by atoms with Crippen LogP contribution in [0.4, 0.5) is 0 Å². The van der Waals surface area contributed by atoms with Crippen molar-refractivity contribution in [1.29, 1.82) is 0 Å². The molecular weight excluding hydrogens is 722 g/mol. The summed E-state index contributed by atoms with van der Waals surface area (Å²) in [4.78, 5) is 13.3. The number of hydrogen-bond acceptors (Lipinski definition) is 3. The van der Waals surface area contributed by atoms with Crippen LogP contribution in [0.5, 0.6) is 0 Å². The molecular formula is C35H56I2O3. The topological polar surface area (TPSA) is 35.5 Å². The van der Waals surface area contributed by atoms with Crippen molar-refractivity contribution in [2.45, 2.75) is 174 Å². The fraction of sp³-hybridized carbons (Fsp3) is 0.971. The second-order valence-electron chi connectivity index (χ2n) is 15.0. The van der Waals surface area contributed by atoms with E-state index >= 15 is 0 Å². The highest BCUT2D eigenvalue weighted by atomic mass is 127. The van der Waals surface area contributed by atoms with Gasteiger partial charge in [-0.3, -0.25) is 4.79 Å². The first-order chi connectivity index (χ1) is 19.5. The molecule has 0 amide bonds. The third-order valence-corrected chi connectivity index (χ3v) is 15.1. The van der Waals surface area contributed by atoms with Crippen molar-refractivity contribution in [3.63, 3.8) is 0 Å². The van der Waals surface area contributed by atoms with Crippen molar-refractivity contribution in [3.05, 3.63) is 0 Å². The van der Waals surface area contributed by atoms with Gasteiger partial charge in [-0.05, 0) is 133 Å². The van der Waals surface area contributed by atoms with E-state index < -0.39 is 0 Å². The minimum atomic E-state index is 0.297. The van der Waals surface area contributed by atoms with E-state index in [1.807, 2.05) is 0 Å². The monoisotopic (exact) mass is 778 g/mol. The number of hydrogen-bond donors (Lipinski definition) is 0. The highest BCUT2D eigenvalue weighted by Crippen LogP contribution is 2.48. The molecule has 0 aromatic carbocycles. The largest absolute Gasteiger partial charge is 0.375 e. The summed E-state index contributed by atoms with van der Waals surface area (Å²) in [5.74, 6) is 5.25. The van der Waals surface area contributed by atoms with E-state index in [1.165, 1.54) is 103 Å². The summed E-state index contributed by atoms with van der Waals surface area (Å²) in [5, 5.41) is 0. The predicted molar refractivity (Wildman–Crippen MR) is 180 cm³/mol. The Bertz CT molecular complexity index is 798. The van der Waals surface area contributed by atoms with Crippen LogP contribution in [-0.4, -0.2) is 38.0 Å². The van der Waals surface area contributed by atoms with Crippen LogP contribution < -0.4 is 0 Å². The Kier molecular flexibility index (Phi) is 11.6. The zero-order valence-corrected chi connectivity index (χ0v) is 29.3. The number of fused-ring (bicyclic) bond motifs is 1. The normalized spacial score (nSPS) is 45.5. The number of carbonyl (C=O) groups excluding carboxylic acids is 1. The summed E-state index contributed by atoms with van der Waals surface area (Å²) in [5.41, 5.74) is 0. The second kappa shape index (κ2) is 14.9. The van der Waals surface area contributed by atoms with E-state index in [-0.39, 0.29) is 0 Å². The molecule has 0 radical (unpaired) electrons. The first kappa shape index (κ1) is 31.0. The smallest absolute Gasteiger partial charge is 0.140 e. The Hall–Kier alpha value is 1.05. The molecule has 0 aromatic heterocycles. The number of rotatable bonds is 7. The fourth-order valence-corrected chi connectivity index (χ4v) is 12.0. The molecule has 6 rings (SSSR count). The molecule has 7 unspecified atom stereocenters. The zero-order valence-electron chi connectivity index (χ0n) is 25.0. The third kappa shape index (κ3) is 8.00. The predicted octanol–water partition coefficient (Wildman–Crippen LogP) is 10.0. The summed E-state index contributed by atoms with van der Waals surface area (Å²) in [6, 6.07) is 0. The minimum Gasteiger partial charge on any atom is -0.375 e. The quantitative estimate of drug-likeness (QED) is 0.191. The maximum atomic E-state index is 13.3.